The van der Waals surface area contributed by atoms with Crippen LogP contribution in [-0.2, 0) is 11.0 Å². The van der Waals surface area contributed by atoms with Gasteiger partial charge < -0.3 is 9.57 Å². The number of oxime groups is 1. The highest BCUT2D eigenvalue weighted by molar-refractivity contribution is 6.00. The van der Waals surface area contributed by atoms with Crippen LogP contribution >= 0.6 is 0 Å². The second kappa shape index (κ2) is 9.18. The SMILES string of the molecule is N#Cc1ccc(C2C[C@@H](COc3ccc(C4=NOCC4)cc3)N[C@H]2C(F)(F)F)cc1C(F)(F)F. The maximum absolute atomic E-state index is 13.7. The van der Waals surface area contributed by atoms with Crippen LogP contribution in [0.3, 0.4) is 0 Å². The van der Waals surface area contributed by atoms with Crippen molar-refractivity contribution >= 4 is 5.71 Å². The average Bonchev–Trinajstić information content (AvgIpc) is 3.47. The molecule has 1 fully saturated rings. The van der Waals surface area contributed by atoms with E-state index >= 15 is 0 Å². The molecule has 0 spiro atoms. The largest absolute Gasteiger partial charge is 0.492 e. The Morgan fingerprint density at radius 3 is 2.41 bits per heavy atom. The van der Waals surface area contributed by atoms with Crippen molar-refractivity contribution in [2.24, 2.45) is 5.16 Å². The second-order valence-electron chi connectivity index (χ2n) is 8.10. The standard InChI is InChI=1S/C23H19F6N3O2/c24-22(25,26)19-9-14(1-2-15(19)11-30)18-10-16(31-21(18)23(27,28)29)12-33-17-5-3-13(4-6-17)20-7-8-34-32-20/h1-6,9,16,18,21,31H,7-8,10,12H2/t16-,18?,21+/m0/s1. The summed E-state index contributed by atoms with van der Waals surface area (Å²) in [4.78, 5) is 4.96. The number of rotatable bonds is 5. The van der Waals surface area contributed by atoms with E-state index in [0.29, 0.717) is 24.8 Å². The number of hydrogen-bond donors (Lipinski definition) is 1. The molecule has 2 heterocycles. The van der Waals surface area contributed by atoms with Gasteiger partial charge in [-0.25, -0.2) is 0 Å². The highest BCUT2D eigenvalue weighted by Crippen LogP contribution is 2.42. The van der Waals surface area contributed by atoms with Gasteiger partial charge in [-0.15, -0.1) is 0 Å². The molecule has 11 heteroatoms. The van der Waals surface area contributed by atoms with Crippen LogP contribution in [0.5, 0.6) is 5.75 Å². The van der Waals surface area contributed by atoms with Crippen molar-refractivity contribution in [1.82, 2.24) is 5.32 Å². The minimum Gasteiger partial charge on any atom is -0.492 e. The quantitative estimate of drug-likeness (QED) is 0.597. The van der Waals surface area contributed by atoms with Crippen molar-refractivity contribution in [1.29, 1.82) is 5.26 Å². The first-order valence-corrected chi connectivity index (χ1v) is 10.4. The van der Waals surface area contributed by atoms with Crippen LogP contribution in [-0.4, -0.2) is 37.2 Å². The van der Waals surface area contributed by atoms with Crippen molar-refractivity contribution in [3.8, 4) is 11.8 Å². The topological polar surface area (TPSA) is 66.6 Å². The molecule has 0 bridgehead atoms. The van der Waals surface area contributed by atoms with Gasteiger partial charge >= 0.3 is 12.4 Å². The zero-order valence-corrected chi connectivity index (χ0v) is 17.6. The third-order valence-corrected chi connectivity index (χ3v) is 5.85. The Kier molecular flexibility index (Phi) is 6.45. The lowest BCUT2D eigenvalue weighted by Gasteiger charge is -2.23. The summed E-state index contributed by atoms with van der Waals surface area (Å²) in [6.45, 7) is 0.404. The van der Waals surface area contributed by atoms with Gasteiger partial charge in [0.05, 0.1) is 22.9 Å². The van der Waals surface area contributed by atoms with E-state index in [0.717, 1.165) is 23.4 Å². The summed E-state index contributed by atoms with van der Waals surface area (Å²) >= 11 is 0. The lowest BCUT2D eigenvalue weighted by atomic mass is 9.88. The number of benzene rings is 2. The van der Waals surface area contributed by atoms with Gasteiger partial charge in [-0.05, 0) is 53.9 Å². The molecule has 180 valence electrons. The van der Waals surface area contributed by atoms with E-state index < -0.39 is 41.5 Å². The molecular weight excluding hydrogens is 464 g/mol. The Bertz CT molecular complexity index is 1110. The number of alkyl halides is 6. The molecule has 2 aliphatic heterocycles. The average molecular weight is 483 g/mol. The fraction of sp³-hybridized carbons (Fsp3) is 0.391. The van der Waals surface area contributed by atoms with E-state index in [2.05, 4.69) is 10.5 Å². The summed E-state index contributed by atoms with van der Waals surface area (Å²) in [5.41, 5.74) is -0.370. The monoisotopic (exact) mass is 483 g/mol. The summed E-state index contributed by atoms with van der Waals surface area (Å²) in [5.74, 6) is -0.819. The molecule has 0 amide bonds. The van der Waals surface area contributed by atoms with Crippen LogP contribution in [0, 0.1) is 11.3 Å². The maximum atomic E-state index is 13.7. The summed E-state index contributed by atoms with van der Waals surface area (Å²) in [7, 11) is 0. The molecule has 5 nitrogen and oxygen atoms in total. The molecule has 2 aliphatic rings. The fourth-order valence-corrected chi connectivity index (χ4v) is 4.22. The number of nitrogens with one attached hydrogen (secondary N) is 1. The van der Waals surface area contributed by atoms with E-state index in [1.807, 2.05) is 0 Å². The number of hydrogen-bond acceptors (Lipinski definition) is 5. The first-order valence-electron chi connectivity index (χ1n) is 10.4. The van der Waals surface area contributed by atoms with Crippen LogP contribution in [0.4, 0.5) is 26.3 Å². The van der Waals surface area contributed by atoms with Crippen molar-refractivity contribution in [2.75, 3.05) is 13.2 Å². The second-order valence-corrected chi connectivity index (χ2v) is 8.10. The maximum Gasteiger partial charge on any atom is 0.417 e. The van der Waals surface area contributed by atoms with E-state index in [1.54, 1.807) is 24.3 Å². The summed E-state index contributed by atoms with van der Waals surface area (Å²) in [6.07, 6.45) is -8.94. The minimum atomic E-state index is -4.86. The lowest BCUT2D eigenvalue weighted by molar-refractivity contribution is -0.156. The normalized spacial score (nSPS) is 22.7. The molecule has 2 aromatic rings. The summed E-state index contributed by atoms with van der Waals surface area (Å²) < 4.78 is 86.7. The highest BCUT2D eigenvalue weighted by atomic mass is 19.4. The summed E-state index contributed by atoms with van der Waals surface area (Å²) in [6, 6.07) is 8.22. The number of ether oxygens (including phenoxy) is 1. The molecule has 0 aliphatic carbocycles. The predicted molar refractivity (Wildman–Crippen MR) is 109 cm³/mol. The molecule has 0 saturated carbocycles. The highest BCUT2D eigenvalue weighted by Gasteiger charge is 2.51. The summed E-state index contributed by atoms with van der Waals surface area (Å²) in [5, 5.41) is 15.3. The Morgan fingerprint density at radius 1 is 1.09 bits per heavy atom. The van der Waals surface area contributed by atoms with Gasteiger partial charge in [-0.3, -0.25) is 5.32 Å². The van der Waals surface area contributed by atoms with E-state index in [-0.39, 0.29) is 18.6 Å². The first-order chi connectivity index (χ1) is 16.1. The lowest BCUT2D eigenvalue weighted by Crippen LogP contribution is -2.44. The van der Waals surface area contributed by atoms with E-state index in [4.69, 9.17) is 14.8 Å². The first kappa shape index (κ1) is 23.9. The third-order valence-electron chi connectivity index (χ3n) is 5.85. The van der Waals surface area contributed by atoms with Crippen LogP contribution in [0.25, 0.3) is 0 Å². The van der Waals surface area contributed by atoms with Gasteiger partial charge in [0.2, 0.25) is 0 Å². The Hall–Kier alpha value is -3.26. The fourth-order valence-electron chi connectivity index (χ4n) is 4.22. The van der Waals surface area contributed by atoms with Crippen LogP contribution < -0.4 is 10.1 Å². The van der Waals surface area contributed by atoms with Crippen LogP contribution in [0.15, 0.2) is 47.6 Å². The third kappa shape index (κ3) is 5.12. The van der Waals surface area contributed by atoms with Gasteiger partial charge in [-0.1, -0.05) is 11.2 Å². The molecule has 0 radical (unpaired) electrons. The van der Waals surface area contributed by atoms with E-state index in [1.165, 1.54) is 6.07 Å². The molecule has 3 atom stereocenters. The Morgan fingerprint density at radius 2 is 1.82 bits per heavy atom. The molecule has 1 N–H and O–H groups in total. The smallest absolute Gasteiger partial charge is 0.417 e. The zero-order chi connectivity index (χ0) is 24.5. The molecule has 1 saturated heterocycles. The number of halogens is 6. The van der Waals surface area contributed by atoms with Crippen molar-refractivity contribution in [2.45, 2.75) is 43.2 Å². The van der Waals surface area contributed by atoms with Crippen molar-refractivity contribution in [3.05, 3.63) is 64.7 Å². The molecule has 2 aromatic carbocycles. The number of nitrogens with zero attached hydrogens (tertiary/aromatic N) is 2. The predicted octanol–water partition coefficient (Wildman–Crippen LogP) is 5.16. The molecular formula is C23H19F6N3O2. The van der Waals surface area contributed by atoms with Crippen LogP contribution in [0.1, 0.15) is 41.0 Å². The van der Waals surface area contributed by atoms with Gasteiger partial charge in [-0.2, -0.15) is 31.6 Å². The van der Waals surface area contributed by atoms with Gasteiger partial charge in [0.15, 0.2) is 0 Å². The number of nitriles is 1. The van der Waals surface area contributed by atoms with Crippen molar-refractivity contribution < 1.29 is 35.9 Å². The van der Waals surface area contributed by atoms with Gasteiger partial charge in [0, 0.05) is 18.4 Å². The van der Waals surface area contributed by atoms with Gasteiger partial charge in [0.1, 0.15) is 25.0 Å². The van der Waals surface area contributed by atoms with E-state index in [9.17, 15) is 26.3 Å². The molecule has 34 heavy (non-hydrogen) atoms. The van der Waals surface area contributed by atoms with Gasteiger partial charge in [0.25, 0.3) is 0 Å². The Balaban J connectivity index is 1.49. The Labute approximate surface area is 191 Å². The molecule has 4 rings (SSSR count). The van der Waals surface area contributed by atoms with Crippen LogP contribution in [0.2, 0.25) is 0 Å². The molecule has 1 unspecified atom stereocenters. The zero-order valence-electron chi connectivity index (χ0n) is 17.6. The molecule has 0 aromatic heterocycles. The van der Waals surface area contributed by atoms with Crippen molar-refractivity contribution in [3.63, 3.8) is 0 Å². The minimum absolute atomic E-state index is 0.0837.